The van der Waals surface area contributed by atoms with Gasteiger partial charge in [-0.25, -0.2) is 9.50 Å². The molecule has 2 fully saturated rings. The van der Waals surface area contributed by atoms with Crippen LogP contribution >= 0.6 is 0 Å². The van der Waals surface area contributed by atoms with Gasteiger partial charge in [-0.3, -0.25) is 9.69 Å². The second kappa shape index (κ2) is 10.2. The Morgan fingerprint density at radius 1 is 1.19 bits per heavy atom. The first-order valence-corrected chi connectivity index (χ1v) is 13.2. The van der Waals surface area contributed by atoms with Crippen molar-refractivity contribution in [2.45, 2.75) is 38.0 Å². The van der Waals surface area contributed by atoms with Crippen molar-refractivity contribution in [2.75, 3.05) is 38.1 Å². The van der Waals surface area contributed by atoms with Crippen molar-refractivity contribution in [3.05, 3.63) is 71.7 Å². The number of hydrogen-bond acceptors (Lipinski definition) is 7. The van der Waals surface area contributed by atoms with Gasteiger partial charge in [-0.1, -0.05) is 36.4 Å². The molecular formula is C28H34N6O3. The van der Waals surface area contributed by atoms with Crippen molar-refractivity contribution >= 4 is 17.2 Å². The van der Waals surface area contributed by atoms with Crippen LogP contribution in [0.4, 0.5) is 5.82 Å². The summed E-state index contributed by atoms with van der Waals surface area (Å²) in [4.78, 5) is 21.7. The van der Waals surface area contributed by atoms with Gasteiger partial charge in [0.25, 0.3) is 0 Å². The summed E-state index contributed by atoms with van der Waals surface area (Å²) in [5.74, 6) is 1.92. The van der Waals surface area contributed by atoms with E-state index in [4.69, 9.17) is 0 Å². The first kappa shape index (κ1) is 24.1. The van der Waals surface area contributed by atoms with Crippen LogP contribution in [0.5, 0.6) is 0 Å². The van der Waals surface area contributed by atoms with Gasteiger partial charge in [0.15, 0.2) is 5.82 Å². The molecule has 3 atom stereocenters. The van der Waals surface area contributed by atoms with Crippen molar-refractivity contribution in [3.63, 3.8) is 0 Å². The Labute approximate surface area is 216 Å². The van der Waals surface area contributed by atoms with E-state index in [0.29, 0.717) is 30.7 Å². The molecule has 1 saturated heterocycles. The third kappa shape index (κ3) is 4.86. The van der Waals surface area contributed by atoms with Crippen LogP contribution in [0, 0.1) is 11.8 Å². The highest BCUT2D eigenvalue weighted by Gasteiger charge is 2.39. The molecule has 6 rings (SSSR count). The van der Waals surface area contributed by atoms with Gasteiger partial charge >= 0.3 is 0 Å². The van der Waals surface area contributed by atoms with Gasteiger partial charge in [0.2, 0.25) is 5.91 Å². The summed E-state index contributed by atoms with van der Waals surface area (Å²) in [6, 6.07) is 9.55. The van der Waals surface area contributed by atoms with E-state index in [1.54, 1.807) is 6.08 Å². The van der Waals surface area contributed by atoms with E-state index < -0.39 is 0 Å². The highest BCUT2D eigenvalue weighted by Crippen LogP contribution is 2.38. The smallest absolute Gasteiger partial charge is 0.246 e. The lowest BCUT2D eigenvalue weighted by Crippen LogP contribution is -2.34. The first-order chi connectivity index (χ1) is 18.1. The van der Waals surface area contributed by atoms with E-state index in [9.17, 15) is 15.0 Å². The minimum atomic E-state index is -0.280. The number of hydrogen-bond donors (Lipinski definition) is 3. The van der Waals surface area contributed by atoms with Crippen LogP contribution in [0.1, 0.15) is 35.6 Å². The zero-order valence-electron chi connectivity index (χ0n) is 20.9. The van der Waals surface area contributed by atoms with E-state index in [1.165, 1.54) is 6.33 Å². The predicted octanol–water partition coefficient (Wildman–Crippen LogP) is 2.02. The van der Waals surface area contributed by atoms with Crippen LogP contribution < -0.4 is 5.32 Å². The second-order valence-electron chi connectivity index (χ2n) is 10.6. The minimum Gasteiger partial charge on any atom is -0.394 e. The van der Waals surface area contributed by atoms with Gasteiger partial charge < -0.3 is 20.4 Å². The van der Waals surface area contributed by atoms with Gasteiger partial charge in [0, 0.05) is 45.0 Å². The molecule has 0 radical (unpaired) electrons. The number of carbonyl (C=O) groups is 1. The average molecular weight is 503 g/mol. The molecular weight excluding hydrogens is 468 g/mol. The SMILES string of the molecule is O=C(/C=C/CN1CC2CC(O)CC2C1)N1CCc2c(cn3ncnc(N[C@H](CO)c4ccccc4)c23)C1. The lowest BCUT2D eigenvalue weighted by atomic mass is 10.0. The van der Waals surface area contributed by atoms with Crippen molar-refractivity contribution in [3.8, 4) is 0 Å². The summed E-state index contributed by atoms with van der Waals surface area (Å²) in [6.45, 7) is 3.93. The molecule has 4 heterocycles. The molecule has 0 bridgehead atoms. The monoisotopic (exact) mass is 502 g/mol. The summed E-state index contributed by atoms with van der Waals surface area (Å²) in [7, 11) is 0. The zero-order chi connectivity index (χ0) is 25.4. The van der Waals surface area contributed by atoms with Gasteiger partial charge in [-0.15, -0.1) is 0 Å². The Balaban J connectivity index is 1.12. The second-order valence-corrected chi connectivity index (χ2v) is 10.6. The maximum atomic E-state index is 13.0. The van der Waals surface area contributed by atoms with Crippen LogP contribution in [0.2, 0.25) is 0 Å². The number of aromatic nitrogens is 3. The number of amides is 1. The lowest BCUT2D eigenvalue weighted by molar-refractivity contribution is -0.126. The number of anilines is 1. The summed E-state index contributed by atoms with van der Waals surface area (Å²) in [5.41, 5.74) is 4.11. The maximum Gasteiger partial charge on any atom is 0.246 e. The fourth-order valence-corrected chi connectivity index (χ4v) is 6.37. The molecule has 2 unspecified atom stereocenters. The summed E-state index contributed by atoms with van der Waals surface area (Å²) >= 11 is 0. The minimum absolute atomic E-state index is 0.0320. The van der Waals surface area contributed by atoms with Gasteiger partial charge in [0.05, 0.1) is 18.8 Å². The van der Waals surface area contributed by atoms with E-state index >= 15 is 0 Å². The van der Waals surface area contributed by atoms with Crippen molar-refractivity contribution in [2.24, 2.45) is 11.8 Å². The van der Waals surface area contributed by atoms with E-state index in [-0.39, 0.29) is 24.7 Å². The number of fused-ring (bicyclic) bond motifs is 4. The number of likely N-dealkylation sites (tertiary alicyclic amines) is 1. The summed E-state index contributed by atoms with van der Waals surface area (Å²) in [5, 5.41) is 27.7. The highest BCUT2D eigenvalue weighted by molar-refractivity contribution is 5.88. The fraction of sp³-hybridized carbons (Fsp3) is 0.464. The molecule has 9 heteroatoms. The molecule has 0 spiro atoms. The topological polar surface area (TPSA) is 106 Å². The molecule has 1 aromatic carbocycles. The molecule has 2 aromatic heterocycles. The van der Waals surface area contributed by atoms with Crippen LogP contribution in [0.25, 0.3) is 5.52 Å². The molecule has 3 aliphatic rings. The number of nitrogens with zero attached hydrogens (tertiary/aromatic N) is 5. The molecule has 9 nitrogen and oxygen atoms in total. The number of benzene rings is 1. The zero-order valence-corrected chi connectivity index (χ0v) is 20.9. The van der Waals surface area contributed by atoms with Crippen LogP contribution in [-0.4, -0.2) is 79.4 Å². The third-order valence-corrected chi connectivity index (χ3v) is 8.19. The van der Waals surface area contributed by atoms with Crippen LogP contribution in [-0.2, 0) is 17.8 Å². The fourth-order valence-electron chi connectivity index (χ4n) is 6.37. The van der Waals surface area contributed by atoms with Crippen molar-refractivity contribution in [1.29, 1.82) is 0 Å². The quantitative estimate of drug-likeness (QED) is 0.425. The summed E-state index contributed by atoms with van der Waals surface area (Å²) in [6.07, 6.45) is 9.62. The molecule has 1 amide bonds. The Kier molecular flexibility index (Phi) is 6.67. The van der Waals surface area contributed by atoms with E-state index in [0.717, 1.165) is 61.1 Å². The number of carbonyl (C=O) groups excluding carboxylic acids is 1. The average Bonchev–Trinajstić information content (AvgIpc) is 3.57. The van der Waals surface area contributed by atoms with Gasteiger partial charge in [0.1, 0.15) is 11.8 Å². The first-order valence-electron chi connectivity index (χ1n) is 13.2. The maximum absolute atomic E-state index is 13.0. The van der Waals surface area contributed by atoms with E-state index in [2.05, 4.69) is 20.3 Å². The standard InChI is InChI=1S/C28H34N6O3/c35-17-25(19-5-2-1-3-6-19)31-28-27-24-8-10-33(15-22(24)16-34(27)30-18-29-28)26(37)7-4-9-32-13-20-11-23(36)12-21(20)14-32/h1-7,16,18,20-21,23,25,35-36H,8-15,17H2,(H,29,30,31)/b7-4+/t20?,21?,23?,25-/m1/s1. The van der Waals surface area contributed by atoms with Gasteiger partial charge in [-0.2, -0.15) is 5.10 Å². The number of rotatable bonds is 7. The number of nitrogens with one attached hydrogen (secondary N) is 1. The van der Waals surface area contributed by atoms with Crippen molar-refractivity contribution in [1.82, 2.24) is 24.4 Å². The van der Waals surface area contributed by atoms with E-state index in [1.807, 2.05) is 52.0 Å². The normalized spacial score (nSPS) is 24.5. The highest BCUT2D eigenvalue weighted by atomic mass is 16.3. The molecule has 1 aliphatic carbocycles. The Bertz CT molecular complexity index is 1280. The molecule has 37 heavy (non-hydrogen) atoms. The molecule has 3 N–H and O–H groups in total. The number of aliphatic hydroxyl groups excluding tert-OH is 2. The van der Waals surface area contributed by atoms with Crippen LogP contribution in [0.15, 0.2) is 55.0 Å². The Morgan fingerprint density at radius 3 is 2.73 bits per heavy atom. The lowest BCUT2D eigenvalue weighted by Gasteiger charge is -2.26. The Hall–Kier alpha value is -3.27. The molecule has 1 saturated carbocycles. The number of aliphatic hydroxyl groups is 2. The molecule has 194 valence electrons. The van der Waals surface area contributed by atoms with Crippen LogP contribution in [0.3, 0.4) is 0 Å². The van der Waals surface area contributed by atoms with Gasteiger partial charge in [-0.05, 0) is 47.8 Å². The predicted molar refractivity (Wildman–Crippen MR) is 140 cm³/mol. The molecule has 2 aliphatic heterocycles. The third-order valence-electron chi connectivity index (χ3n) is 8.19. The largest absolute Gasteiger partial charge is 0.394 e. The Morgan fingerprint density at radius 2 is 1.97 bits per heavy atom. The molecule has 3 aromatic rings. The summed E-state index contributed by atoms with van der Waals surface area (Å²) < 4.78 is 1.82. The van der Waals surface area contributed by atoms with Crippen molar-refractivity contribution < 1.29 is 15.0 Å².